The highest BCUT2D eigenvalue weighted by molar-refractivity contribution is 5.63. The number of aromatic nitrogens is 1. The third-order valence-corrected chi connectivity index (χ3v) is 3.80. The fraction of sp³-hybridized carbons (Fsp3) is 0.571. The van der Waals surface area contributed by atoms with Gasteiger partial charge in [-0.1, -0.05) is 32.1 Å². The summed E-state index contributed by atoms with van der Waals surface area (Å²) < 4.78 is 0. The van der Waals surface area contributed by atoms with Crippen molar-refractivity contribution in [1.82, 2.24) is 4.98 Å². The lowest BCUT2D eigenvalue weighted by Gasteiger charge is -2.21. The van der Waals surface area contributed by atoms with Crippen molar-refractivity contribution in [2.75, 3.05) is 11.9 Å². The fourth-order valence-electron chi connectivity index (χ4n) is 2.73. The number of anilines is 1. The molecule has 0 radical (unpaired) electrons. The zero-order valence-corrected chi connectivity index (χ0v) is 11.3. The van der Waals surface area contributed by atoms with Gasteiger partial charge in [-0.3, -0.25) is 10.1 Å². The first-order valence-electron chi connectivity index (χ1n) is 6.99. The number of nitrogens with one attached hydrogen (secondary N) is 1. The normalized spacial score (nSPS) is 15.6. The third-order valence-electron chi connectivity index (χ3n) is 3.80. The maximum Gasteiger partial charge on any atom is 0.328 e. The molecule has 6 heteroatoms. The van der Waals surface area contributed by atoms with Crippen molar-refractivity contribution in [3.05, 3.63) is 27.9 Å². The quantitative estimate of drug-likeness (QED) is 0.657. The predicted molar refractivity (Wildman–Crippen MR) is 75.3 cm³/mol. The lowest BCUT2D eigenvalue weighted by Crippen LogP contribution is -2.13. The molecule has 1 aliphatic carbocycles. The Morgan fingerprint density at radius 1 is 1.45 bits per heavy atom. The molecule has 20 heavy (non-hydrogen) atoms. The molecule has 1 N–H and O–H groups in total. The maximum absolute atomic E-state index is 11.0. The van der Waals surface area contributed by atoms with Crippen LogP contribution in [0, 0.1) is 27.4 Å². The van der Waals surface area contributed by atoms with E-state index in [1.165, 1.54) is 44.4 Å². The Morgan fingerprint density at radius 3 is 2.85 bits per heavy atom. The summed E-state index contributed by atoms with van der Waals surface area (Å²) in [4.78, 5) is 14.5. The monoisotopic (exact) mass is 274 g/mol. The second kappa shape index (κ2) is 6.85. The molecule has 0 bridgehead atoms. The van der Waals surface area contributed by atoms with E-state index in [-0.39, 0.29) is 17.1 Å². The average Bonchev–Trinajstić information content (AvgIpc) is 2.47. The molecule has 1 heterocycles. The summed E-state index contributed by atoms with van der Waals surface area (Å²) in [5.41, 5.74) is -0.177. The van der Waals surface area contributed by atoms with Gasteiger partial charge in [-0.15, -0.1) is 0 Å². The number of nitrogens with zero attached hydrogens (tertiary/aromatic N) is 3. The number of pyridine rings is 1. The first-order valence-corrected chi connectivity index (χ1v) is 6.99. The second-order valence-corrected chi connectivity index (χ2v) is 5.14. The average molecular weight is 274 g/mol. The minimum atomic E-state index is -0.547. The molecule has 0 amide bonds. The molecule has 1 fully saturated rings. The SMILES string of the molecule is N#Cc1ccnc(NCCC2CCCCC2)c1[N+](=O)[O-]. The van der Waals surface area contributed by atoms with Crippen LogP contribution in [0.1, 0.15) is 44.1 Å². The molecule has 0 aromatic carbocycles. The molecule has 1 aliphatic rings. The smallest absolute Gasteiger partial charge is 0.328 e. The second-order valence-electron chi connectivity index (χ2n) is 5.14. The topological polar surface area (TPSA) is 91.8 Å². The molecule has 106 valence electrons. The third kappa shape index (κ3) is 3.44. The molecule has 1 saturated carbocycles. The Bertz CT molecular complexity index is 518. The summed E-state index contributed by atoms with van der Waals surface area (Å²) in [6.07, 6.45) is 8.80. The van der Waals surface area contributed by atoms with Crippen LogP contribution in [-0.2, 0) is 0 Å². The van der Waals surface area contributed by atoms with E-state index in [2.05, 4.69) is 10.3 Å². The first-order chi connectivity index (χ1) is 9.72. The summed E-state index contributed by atoms with van der Waals surface area (Å²) in [5, 5.41) is 23.0. The molecular formula is C14H18N4O2. The van der Waals surface area contributed by atoms with Gasteiger partial charge < -0.3 is 5.32 Å². The largest absolute Gasteiger partial charge is 0.364 e. The van der Waals surface area contributed by atoms with Crippen LogP contribution in [-0.4, -0.2) is 16.5 Å². The van der Waals surface area contributed by atoms with Crippen LogP contribution < -0.4 is 5.32 Å². The van der Waals surface area contributed by atoms with Gasteiger partial charge in [0.15, 0.2) is 0 Å². The van der Waals surface area contributed by atoms with E-state index in [9.17, 15) is 10.1 Å². The van der Waals surface area contributed by atoms with Crippen LogP contribution in [0.25, 0.3) is 0 Å². The number of hydrogen-bond donors (Lipinski definition) is 1. The van der Waals surface area contributed by atoms with Crippen LogP contribution in [0.3, 0.4) is 0 Å². The van der Waals surface area contributed by atoms with Gasteiger partial charge in [0, 0.05) is 12.7 Å². The Morgan fingerprint density at radius 2 is 2.20 bits per heavy atom. The lowest BCUT2D eigenvalue weighted by molar-refractivity contribution is -0.384. The number of nitriles is 1. The van der Waals surface area contributed by atoms with Crippen LogP contribution >= 0.6 is 0 Å². The Balaban J connectivity index is 1.98. The van der Waals surface area contributed by atoms with Crippen LogP contribution in [0.2, 0.25) is 0 Å². The fourth-order valence-corrected chi connectivity index (χ4v) is 2.73. The van der Waals surface area contributed by atoms with Crippen LogP contribution in [0.4, 0.5) is 11.5 Å². The van der Waals surface area contributed by atoms with Crippen molar-refractivity contribution in [2.24, 2.45) is 5.92 Å². The van der Waals surface area contributed by atoms with E-state index in [4.69, 9.17) is 5.26 Å². The van der Waals surface area contributed by atoms with E-state index in [1.807, 2.05) is 6.07 Å². The zero-order chi connectivity index (χ0) is 14.4. The maximum atomic E-state index is 11.0. The van der Waals surface area contributed by atoms with Crippen molar-refractivity contribution in [2.45, 2.75) is 38.5 Å². The predicted octanol–water partition coefficient (Wildman–Crippen LogP) is 3.24. The summed E-state index contributed by atoms with van der Waals surface area (Å²) >= 11 is 0. The Hall–Kier alpha value is -2.16. The highest BCUT2D eigenvalue weighted by atomic mass is 16.6. The Labute approximate surface area is 118 Å². The van der Waals surface area contributed by atoms with Crippen LogP contribution in [0.15, 0.2) is 12.3 Å². The van der Waals surface area contributed by atoms with Gasteiger partial charge in [-0.25, -0.2) is 4.98 Å². The van der Waals surface area contributed by atoms with Gasteiger partial charge in [0.05, 0.1) is 4.92 Å². The van der Waals surface area contributed by atoms with Crippen LogP contribution in [0.5, 0.6) is 0 Å². The molecular weight excluding hydrogens is 256 g/mol. The molecule has 0 aliphatic heterocycles. The molecule has 0 atom stereocenters. The van der Waals surface area contributed by atoms with E-state index < -0.39 is 4.92 Å². The highest BCUT2D eigenvalue weighted by Crippen LogP contribution is 2.28. The summed E-state index contributed by atoms with van der Waals surface area (Å²) in [5.74, 6) is 0.902. The van der Waals surface area contributed by atoms with E-state index >= 15 is 0 Å². The molecule has 0 unspecified atom stereocenters. The molecule has 1 aromatic rings. The minimum absolute atomic E-state index is 0.0465. The summed E-state index contributed by atoms with van der Waals surface area (Å²) in [6.45, 7) is 0.660. The molecule has 1 aromatic heterocycles. The Kier molecular flexibility index (Phi) is 4.88. The molecule has 6 nitrogen and oxygen atoms in total. The van der Waals surface area contributed by atoms with Crippen molar-refractivity contribution in [3.63, 3.8) is 0 Å². The molecule has 0 saturated heterocycles. The zero-order valence-electron chi connectivity index (χ0n) is 11.3. The highest BCUT2D eigenvalue weighted by Gasteiger charge is 2.21. The van der Waals surface area contributed by atoms with Crippen molar-refractivity contribution >= 4 is 11.5 Å². The molecule has 2 rings (SSSR count). The standard InChI is InChI=1S/C14H18N4O2/c15-10-12-7-9-17-14(13(12)18(19)20)16-8-6-11-4-2-1-3-5-11/h7,9,11H,1-6,8H2,(H,16,17). The van der Waals surface area contributed by atoms with Gasteiger partial charge in [0.25, 0.3) is 0 Å². The molecule has 0 spiro atoms. The van der Waals surface area contributed by atoms with Gasteiger partial charge >= 0.3 is 5.69 Å². The van der Waals surface area contributed by atoms with Crippen molar-refractivity contribution < 1.29 is 4.92 Å². The number of nitro groups is 1. The summed E-state index contributed by atoms with van der Waals surface area (Å²) in [7, 11) is 0. The van der Waals surface area contributed by atoms with Crippen molar-refractivity contribution in [3.8, 4) is 6.07 Å². The van der Waals surface area contributed by atoms with Gasteiger partial charge in [0.1, 0.15) is 11.6 Å². The lowest BCUT2D eigenvalue weighted by atomic mass is 9.87. The van der Waals surface area contributed by atoms with E-state index in [0.717, 1.165) is 6.42 Å². The minimum Gasteiger partial charge on any atom is -0.364 e. The van der Waals surface area contributed by atoms with E-state index in [1.54, 1.807) is 0 Å². The van der Waals surface area contributed by atoms with Gasteiger partial charge in [0.2, 0.25) is 5.82 Å². The summed E-state index contributed by atoms with van der Waals surface area (Å²) in [6, 6.07) is 3.20. The number of hydrogen-bond acceptors (Lipinski definition) is 5. The van der Waals surface area contributed by atoms with Gasteiger partial charge in [-0.05, 0) is 18.4 Å². The van der Waals surface area contributed by atoms with Crippen molar-refractivity contribution in [1.29, 1.82) is 5.26 Å². The first kappa shape index (κ1) is 14.3. The van der Waals surface area contributed by atoms with Gasteiger partial charge in [-0.2, -0.15) is 5.26 Å². The van der Waals surface area contributed by atoms with E-state index in [0.29, 0.717) is 12.5 Å². The number of rotatable bonds is 5.